The Kier molecular flexibility index (Phi) is 7.25. The van der Waals surface area contributed by atoms with Crippen molar-refractivity contribution >= 4 is 0 Å². The molecule has 0 radical (unpaired) electrons. The first-order valence-corrected chi connectivity index (χ1v) is 5.32. The number of hydrogen-bond donors (Lipinski definition) is 1. The second kappa shape index (κ2) is 7.31. The largest absolute Gasteiger partial charge is 0.396 e. The van der Waals surface area contributed by atoms with Crippen LogP contribution in [0.4, 0.5) is 4.39 Å². The van der Waals surface area contributed by atoms with Crippen molar-refractivity contribution in [3.8, 4) is 0 Å². The van der Waals surface area contributed by atoms with Gasteiger partial charge in [-0.3, -0.25) is 4.39 Å². The summed E-state index contributed by atoms with van der Waals surface area (Å²) in [6, 6.07) is 0. The van der Waals surface area contributed by atoms with Gasteiger partial charge < -0.3 is 5.11 Å². The summed E-state index contributed by atoms with van der Waals surface area (Å²) < 4.78 is 12.6. The van der Waals surface area contributed by atoms with E-state index in [4.69, 9.17) is 5.11 Å². The molecule has 0 fully saturated rings. The lowest BCUT2D eigenvalue weighted by atomic mass is 9.85. The maximum Gasteiger partial charge on any atom is 0.0925 e. The highest BCUT2D eigenvalue weighted by atomic mass is 19.1. The van der Waals surface area contributed by atoms with E-state index >= 15 is 0 Å². The summed E-state index contributed by atoms with van der Waals surface area (Å²) in [4.78, 5) is 0. The Hall–Kier alpha value is -0.110. The molecular formula is C11H23FO. The summed E-state index contributed by atoms with van der Waals surface area (Å²) in [6.45, 7) is 6.19. The van der Waals surface area contributed by atoms with Gasteiger partial charge in [-0.2, -0.15) is 0 Å². The maximum absolute atomic E-state index is 12.6. The van der Waals surface area contributed by atoms with Crippen molar-refractivity contribution < 1.29 is 9.50 Å². The lowest BCUT2D eigenvalue weighted by Crippen LogP contribution is -2.17. The van der Waals surface area contributed by atoms with Crippen molar-refractivity contribution in [2.45, 2.75) is 40.0 Å². The molecule has 1 unspecified atom stereocenters. The molecule has 0 saturated carbocycles. The van der Waals surface area contributed by atoms with Gasteiger partial charge in [0.1, 0.15) is 0 Å². The molecule has 13 heavy (non-hydrogen) atoms. The van der Waals surface area contributed by atoms with Gasteiger partial charge >= 0.3 is 0 Å². The Labute approximate surface area is 81.3 Å². The van der Waals surface area contributed by atoms with E-state index in [-0.39, 0.29) is 19.2 Å². The van der Waals surface area contributed by atoms with Crippen molar-refractivity contribution in [2.24, 2.45) is 17.8 Å². The fraction of sp³-hybridized carbons (Fsp3) is 1.00. The molecule has 0 saturated heterocycles. The molecule has 0 aromatic heterocycles. The molecule has 0 heterocycles. The van der Waals surface area contributed by atoms with E-state index < -0.39 is 0 Å². The van der Waals surface area contributed by atoms with Crippen LogP contribution in [-0.4, -0.2) is 18.4 Å². The molecule has 1 N–H and O–H groups in total. The first kappa shape index (κ1) is 12.9. The van der Waals surface area contributed by atoms with Gasteiger partial charge in [0.15, 0.2) is 0 Å². The summed E-state index contributed by atoms with van der Waals surface area (Å²) in [6.07, 6.45) is 2.95. The van der Waals surface area contributed by atoms with Crippen LogP contribution in [0.1, 0.15) is 40.0 Å². The van der Waals surface area contributed by atoms with Gasteiger partial charge in [-0.15, -0.1) is 0 Å². The monoisotopic (exact) mass is 190 g/mol. The second-order valence-corrected chi connectivity index (χ2v) is 4.20. The molecule has 80 valence electrons. The number of alkyl halides is 1. The first-order chi connectivity index (χ1) is 6.15. The van der Waals surface area contributed by atoms with E-state index in [1.54, 1.807) is 0 Å². The predicted molar refractivity (Wildman–Crippen MR) is 54.4 cm³/mol. The van der Waals surface area contributed by atoms with Crippen LogP contribution < -0.4 is 0 Å². The number of hydrogen-bond acceptors (Lipinski definition) is 1. The van der Waals surface area contributed by atoms with Crippen molar-refractivity contribution in [1.82, 2.24) is 0 Å². The first-order valence-electron chi connectivity index (χ1n) is 5.32. The minimum absolute atomic E-state index is 0.194. The number of aliphatic hydroxyl groups is 1. The lowest BCUT2D eigenvalue weighted by molar-refractivity contribution is 0.177. The normalized spacial score (nSPS) is 18.2. The molecule has 2 heteroatoms. The molecule has 0 aromatic rings. The van der Waals surface area contributed by atoms with Gasteiger partial charge in [-0.25, -0.2) is 0 Å². The van der Waals surface area contributed by atoms with Gasteiger partial charge in [-0.1, -0.05) is 27.2 Å². The van der Waals surface area contributed by atoms with Crippen LogP contribution in [0, 0.1) is 17.8 Å². The van der Waals surface area contributed by atoms with Crippen LogP contribution in [0.5, 0.6) is 0 Å². The smallest absolute Gasteiger partial charge is 0.0925 e. The zero-order valence-corrected chi connectivity index (χ0v) is 9.09. The van der Waals surface area contributed by atoms with Crippen molar-refractivity contribution in [3.63, 3.8) is 0 Å². The molecule has 0 spiro atoms. The topological polar surface area (TPSA) is 20.2 Å². The zero-order valence-electron chi connectivity index (χ0n) is 9.09. The summed E-state index contributed by atoms with van der Waals surface area (Å²) in [7, 11) is 0. The third kappa shape index (κ3) is 5.25. The molecule has 0 bridgehead atoms. The third-order valence-electron chi connectivity index (χ3n) is 2.75. The number of halogens is 1. The maximum atomic E-state index is 12.6. The fourth-order valence-electron chi connectivity index (χ4n) is 1.79. The summed E-state index contributed by atoms with van der Waals surface area (Å²) >= 11 is 0. The molecule has 0 aromatic carbocycles. The number of aliphatic hydroxyl groups excluding tert-OH is 1. The molecule has 0 aliphatic heterocycles. The summed E-state index contributed by atoms with van der Waals surface area (Å²) in [5.74, 6) is 0.895. The van der Waals surface area contributed by atoms with Crippen LogP contribution in [-0.2, 0) is 0 Å². The Morgan fingerprint density at radius 2 is 1.92 bits per heavy atom. The highest BCUT2D eigenvalue weighted by molar-refractivity contribution is 4.68. The Bertz CT molecular complexity index is 117. The van der Waals surface area contributed by atoms with E-state index in [1.165, 1.54) is 0 Å². The van der Waals surface area contributed by atoms with Gasteiger partial charge in [0.05, 0.1) is 6.67 Å². The lowest BCUT2D eigenvalue weighted by Gasteiger charge is -2.22. The van der Waals surface area contributed by atoms with Crippen LogP contribution >= 0.6 is 0 Å². The van der Waals surface area contributed by atoms with Crippen LogP contribution in [0.2, 0.25) is 0 Å². The molecule has 0 aliphatic carbocycles. The summed E-state index contributed by atoms with van der Waals surface area (Å²) in [5, 5.41) is 8.87. The van der Waals surface area contributed by atoms with E-state index in [2.05, 4.69) is 13.8 Å². The summed E-state index contributed by atoms with van der Waals surface area (Å²) in [5.41, 5.74) is 0. The van der Waals surface area contributed by atoms with Crippen LogP contribution in [0.15, 0.2) is 0 Å². The molecular weight excluding hydrogens is 167 g/mol. The molecule has 0 rings (SSSR count). The van der Waals surface area contributed by atoms with E-state index in [9.17, 15) is 4.39 Å². The van der Waals surface area contributed by atoms with Gasteiger partial charge in [0.25, 0.3) is 0 Å². The van der Waals surface area contributed by atoms with Crippen molar-refractivity contribution in [1.29, 1.82) is 0 Å². The second-order valence-electron chi connectivity index (χ2n) is 4.20. The van der Waals surface area contributed by atoms with Gasteiger partial charge in [-0.05, 0) is 30.6 Å². The Balaban J connectivity index is 3.82. The molecule has 1 nitrogen and oxygen atoms in total. The highest BCUT2D eigenvalue weighted by Gasteiger charge is 2.18. The van der Waals surface area contributed by atoms with Crippen LogP contribution in [0.3, 0.4) is 0 Å². The van der Waals surface area contributed by atoms with Gasteiger partial charge in [0.2, 0.25) is 0 Å². The SMILES string of the molecule is CCC[C@H](CF)C(C)C[C@@H](C)CO. The van der Waals surface area contributed by atoms with E-state index in [1.807, 2.05) is 6.92 Å². The van der Waals surface area contributed by atoms with Crippen molar-refractivity contribution in [3.05, 3.63) is 0 Å². The average molecular weight is 190 g/mol. The third-order valence-corrected chi connectivity index (χ3v) is 2.75. The Morgan fingerprint density at radius 3 is 2.31 bits per heavy atom. The standard InChI is InChI=1S/C11H23FO/c1-4-5-11(7-12)10(3)6-9(2)8-13/h9-11,13H,4-8H2,1-3H3/t9-,10?,11-/m1/s1. The average Bonchev–Trinajstić information content (AvgIpc) is 2.13. The zero-order chi connectivity index (χ0) is 10.3. The van der Waals surface area contributed by atoms with Crippen LogP contribution in [0.25, 0.3) is 0 Å². The van der Waals surface area contributed by atoms with E-state index in [0.717, 1.165) is 19.3 Å². The van der Waals surface area contributed by atoms with Crippen molar-refractivity contribution in [2.75, 3.05) is 13.3 Å². The molecule has 3 atom stereocenters. The minimum atomic E-state index is -0.215. The minimum Gasteiger partial charge on any atom is -0.396 e. The number of rotatable bonds is 7. The highest BCUT2D eigenvalue weighted by Crippen LogP contribution is 2.24. The van der Waals surface area contributed by atoms with Gasteiger partial charge in [0, 0.05) is 6.61 Å². The fourth-order valence-corrected chi connectivity index (χ4v) is 1.79. The van der Waals surface area contributed by atoms with E-state index in [0.29, 0.717) is 11.8 Å². The Morgan fingerprint density at radius 1 is 1.31 bits per heavy atom. The quantitative estimate of drug-likeness (QED) is 0.654. The molecule has 0 amide bonds. The molecule has 0 aliphatic rings. The predicted octanol–water partition coefficient (Wildman–Crippen LogP) is 3.03.